The zero-order chi connectivity index (χ0) is 9.52. The van der Waals surface area contributed by atoms with Crippen LogP contribution >= 0.6 is 23.6 Å². The zero-order valence-corrected chi connectivity index (χ0v) is 9.13. The van der Waals surface area contributed by atoms with Crippen molar-refractivity contribution in [3.63, 3.8) is 0 Å². The van der Waals surface area contributed by atoms with Crippen molar-refractivity contribution >= 4 is 28.7 Å². The highest BCUT2D eigenvalue weighted by Gasteiger charge is 1.94. The first-order chi connectivity index (χ1) is 6.33. The number of aromatic nitrogens is 2. The highest BCUT2D eigenvalue weighted by molar-refractivity contribution is 7.73. The second kappa shape index (κ2) is 6.06. The second-order valence-corrected chi connectivity index (χ2v) is 4.06. The molecule has 0 aromatic carbocycles. The van der Waals surface area contributed by atoms with Crippen LogP contribution in [0.25, 0.3) is 0 Å². The molecule has 0 fully saturated rings. The average molecular weight is 219 g/mol. The standard InChI is InChI=1S/C7H13N3OS2/c1-2-11-5-3-4-8-6-9-10-7(12)13-6/h2-5H2,1H3,(H,8,9)(H,10,12). The summed E-state index contributed by atoms with van der Waals surface area (Å²) >= 11 is 6.34. The van der Waals surface area contributed by atoms with E-state index in [1.54, 1.807) is 0 Å². The van der Waals surface area contributed by atoms with Crippen LogP contribution in [0.15, 0.2) is 0 Å². The van der Waals surface area contributed by atoms with Gasteiger partial charge in [-0.25, -0.2) is 0 Å². The molecule has 0 atom stereocenters. The van der Waals surface area contributed by atoms with E-state index < -0.39 is 0 Å². The van der Waals surface area contributed by atoms with Crippen LogP contribution in [-0.2, 0) is 4.74 Å². The molecular weight excluding hydrogens is 206 g/mol. The Morgan fingerprint density at radius 2 is 2.54 bits per heavy atom. The Balaban J connectivity index is 2.09. The highest BCUT2D eigenvalue weighted by Crippen LogP contribution is 2.09. The molecule has 0 aliphatic carbocycles. The molecule has 0 unspecified atom stereocenters. The maximum Gasteiger partial charge on any atom is 0.204 e. The normalized spacial score (nSPS) is 10.2. The Morgan fingerprint density at radius 3 is 3.15 bits per heavy atom. The molecule has 0 spiro atoms. The van der Waals surface area contributed by atoms with Crippen molar-refractivity contribution in [1.29, 1.82) is 0 Å². The number of rotatable bonds is 6. The van der Waals surface area contributed by atoms with Gasteiger partial charge < -0.3 is 10.1 Å². The maximum atomic E-state index is 5.19. The molecule has 0 bridgehead atoms. The van der Waals surface area contributed by atoms with Crippen LogP contribution in [0.1, 0.15) is 13.3 Å². The number of nitrogens with zero attached hydrogens (tertiary/aromatic N) is 1. The lowest BCUT2D eigenvalue weighted by molar-refractivity contribution is 0.147. The summed E-state index contributed by atoms with van der Waals surface area (Å²) in [6.45, 7) is 4.43. The summed E-state index contributed by atoms with van der Waals surface area (Å²) in [6.07, 6.45) is 0.986. The summed E-state index contributed by atoms with van der Waals surface area (Å²) in [5, 5.41) is 10.7. The van der Waals surface area contributed by atoms with Gasteiger partial charge in [0.05, 0.1) is 0 Å². The van der Waals surface area contributed by atoms with Gasteiger partial charge in [0.15, 0.2) is 3.95 Å². The maximum absolute atomic E-state index is 5.19. The van der Waals surface area contributed by atoms with Crippen molar-refractivity contribution in [2.24, 2.45) is 0 Å². The lowest BCUT2D eigenvalue weighted by Gasteiger charge is -2.01. The van der Waals surface area contributed by atoms with Gasteiger partial charge in [-0.05, 0) is 25.6 Å². The van der Waals surface area contributed by atoms with Crippen LogP contribution in [0.3, 0.4) is 0 Å². The molecule has 6 heteroatoms. The van der Waals surface area contributed by atoms with E-state index in [1.165, 1.54) is 11.3 Å². The van der Waals surface area contributed by atoms with Gasteiger partial charge in [-0.2, -0.15) is 0 Å². The zero-order valence-electron chi connectivity index (χ0n) is 7.50. The minimum Gasteiger partial charge on any atom is -0.382 e. The number of nitrogens with one attached hydrogen (secondary N) is 2. The smallest absolute Gasteiger partial charge is 0.204 e. The van der Waals surface area contributed by atoms with Gasteiger partial charge in [0.1, 0.15) is 0 Å². The largest absolute Gasteiger partial charge is 0.382 e. The molecule has 0 aliphatic heterocycles. The quantitative estimate of drug-likeness (QED) is 0.568. The van der Waals surface area contributed by atoms with E-state index in [-0.39, 0.29) is 0 Å². The van der Waals surface area contributed by atoms with Gasteiger partial charge >= 0.3 is 0 Å². The van der Waals surface area contributed by atoms with Crippen LogP contribution in [0.2, 0.25) is 0 Å². The first-order valence-corrected chi connectivity index (χ1v) is 5.42. The minimum absolute atomic E-state index is 0.701. The molecule has 2 N–H and O–H groups in total. The van der Waals surface area contributed by atoms with Crippen LogP contribution in [-0.4, -0.2) is 30.0 Å². The highest BCUT2D eigenvalue weighted by atomic mass is 32.1. The minimum atomic E-state index is 0.701. The number of aromatic amines is 1. The van der Waals surface area contributed by atoms with Gasteiger partial charge in [-0.1, -0.05) is 11.3 Å². The summed E-state index contributed by atoms with van der Waals surface area (Å²) in [5.74, 6) is 0. The third-order valence-electron chi connectivity index (χ3n) is 1.38. The van der Waals surface area contributed by atoms with E-state index in [9.17, 15) is 0 Å². The fourth-order valence-corrected chi connectivity index (χ4v) is 1.63. The Labute approximate surface area is 86.3 Å². The van der Waals surface area contributed by atoms with E-state index in [2.05, 4.69) is 15.5 Å². The molecule has 4 nitrogen and oxygen atoms in total. The van der Waals surface area contributed by atoms with Gasteiger partial charge in [0, 0.05) is 19.8 Å². The molecule has 1 heterocycles. The van der Waals surface area contributed by atoms with Crippen molar-refractivity contribution in [1.82, 2.24) is 10.2 Å². The van der Waals surface area contributed by atoms with Crippen molar-refractivity contribution in [3.05, 3.63) is 3.95 Å². The van der Waals surface area contributed by atoms with Crippen LogP contribution in [0.4, 0.5) is 5.13 Å². The van der Waals surface area contributed by atoms with Crippen molar-refractivity contribution in [2.75, 3.05) is 25.1 Å². The Kier molecular flexibility index (Phi) is 4.95. The molecule has 74 valence electrons. The number of ether oxygens (including phenoxy) is 1. The third-order valence-corrected chi connectivity index (χ3v) is 2.43. The van der Waals surface area contributed by atoms with Crippen LogP contribution in [0, 0.1) is 3.95 Å². The van der Waals surface area contributed by atoms with E-state index in [1.807, 2.05) is 6.92 Å². The molecule has 1 aromatic rings. The van der Waals surface area contributed by atoms with Gasteiger partial charge in [-0.15, -0.1) is 5.10 Å². The number of hydrogen-bond donors (Lipinski definition) is 2. The van der Waals surface area contributed by atoms with Crippen LogP contribution in [0.5, 0.6) is 0 Å². The first kappa shape index (κ1) is 10.6. The lowest BCUT2D eigenvalue weighted by Crippen LogP contribution is -2.05. The average Bonchev–Trinajstić information content (AvgIpc) is 2.51. The van der Waals surface area contributed by atoms with E-state index in [4.69, 9.17) is 17.0 Å². The van der Waals surface area contributed by atoms with Gasteiger partial charge in [0.2, 0.25) is 5.13 Å². The first-order valence-electron chi connectivity index (χ1n) is 4.20. The van der Waals surface area contributed by atoms with Gasteiger partial charge in [0.25, 0.3) is 0 Å². The van der Waals surface area contributed by atoms with Crippen molar-refractivity contribution in [3.8, 4) is 0 Å². The SMILES string of the molecule is CCOCCCNc1n[nH]c(=S)s1. The molecule has 0 saturated heterocycles. The monoisotopic (exact) mass is 219 g/mol. The van der Waals surface area contributed by atoms with E-state index >= 15 is 0 Å². The summed E-state index contributed by atoms with van der Waals surface area (Å²) in [6, 6.07) is 0. The Bertz CT molecular complexity index is 283. The van der Waals surface area contributed by atoms with Gasteiger partial charge in [-0.3, -0.25) is 5.10 Å². The second-order valence-electron chi connectivity index (χ2n) is 2.40. The molecule has 0 saturated carbocycles. The number of anilines is 1. The molecule has 1 rings (SSSR count). The topological polar surface area (TPSA) is 49.9 Å². The number of H-pyrrole nitrogens is 1. The predicted octanol–water partition coefficient (Wildman–Crippen LogP) is 2.04. The lowest BCUT2D eigenvalue weighted by atomic mass is 10.4. The fourth-order valence-electron chi connectivity index (χ4n) is 0.819. The van der Waals surface area contributed by atoms with E-state index in [0.29, 0.717) is 3.95 Å². The molecular formula is C7H13N3OS2. The number of hydrogen-bond acceptors (Lipinski definition) is 5. The fraction of sp³-hybridized carbons (Fsp3) is 0.714. The predicted molar refractivity (Wildman–Crippen MR) is 56.9 cm³/mol. The summed E-state index contributed by atoms with van der Waals surface area (Å²) < 4.78 is 5.89. The molecule has 0 aliphatic rings. The summed E-state index contributed by atoms with van der Waals surface area (Å²) in [4.78, 5) is 0. The van der Waals surface area contributed by atoms with Crippen molar-refractivity contribution < 1.29 is 4.74 Å². The Morgan fingerprint density at radius 1 is 1.69 bits per heavy atom. The molecule has 0 radical (unpaired) electrons. The molecule has 1 aromatic heterocycles. The third kappa shape index (κ3) is 4.35. The molecule has 0 amide bonds. The van der Waals surface area contributed by atoms with Crippen molar-refractivity contribution in [2.45, 2.75) is 13.3 Å². The van der Waals surface area contributed by atoms with E-state index in [0.717, 1.165) is 31.3 Å². The summed E-state index contributed by atoms with van der Waals surface area (Å²) in [5.41, 5.74) is 0. The Hall–Kier alpha value is -0.460. The summed E-state index contributed by atoms with van der Waals surface area (Å²) in [7, 11) is 0. The molecule has 13 heavy (non-hydrogen) atoms. The van der Waals surface area contributed by atoms with Crippen LogP contribution < -0.4 is 5.32 Å².